The minimum atomic E-state index is -0.215. The van der Waals surface area contributed by atoms with Gasteiger partial charge in [-0.3, -0.25) is 4.79 Å². The Kier molecular flexibility index (Phi) is 2.82. The van der Waals surface area contributed by atoms with Crippen molar-refractivity contribution in [2.45, 2.75) is 13.3 Å². The van der Waals surface area contributed by atoms with Gasteiger partial charge < -0.3 is 4.90 Å². The molecule has 1 aliphatic heterocycles. The maximum absolute atomic E-state index is 13.4. The number of benzene rings is 2. The van der Waals surface area contributed by atoms with Crippen LogP contribution < -0.4 is 4.90 Å². The van der Waals surface area contributed by atoms with E-state index in [9.17, 15) is 9.18 Å². The van der Waals surface area contributed by atoms with Gasteiger partial charge in [-0.2, -0.15) is 0 Å². The summed E-state index contributed by atoms with van der Waals surface area (Å²) < 4.78 is 13.4. The van der Waals surface area contributed by atoms with Gasteiger partial charge in [0, 0.05) is 23.5 Å². The molecule has 19 heavy (non-hydrogen) atoms. The van der Waals surface area contributed by atoms with Crippen LogP contribution in [0.1, 0.15) is 21.5 Å². The number of anilines is 2. The number of fused-ring (bicyclic) bond motifs is 1. The second kappa shape index (κ2) is 4.50. The predicted molar refractivity (Wildman–Crippen MR) is 73.7 cm³/mol. The summed E-state index contributed by atoms with van der Waals surface area (Å²) in [6, 6.07) is 10.5. The quantitative estimate of drug-likeness (QED) is 0.763. The third kappa shape index (κ3) is 2.01. The van der Waals surface area contributed by atoms with Crippen molar-refractivity contribution in [1.29, 1.82) is 0 Å². The fraction of sp³-hybridized carbons (Fsp3) is 0.188. The lowest BCUT2D eigenvalue weighted by Gasteiger charge is -2.22. The second-order valence-electron chi connectivity index (χ2n) is 4.84. The third-order valence-electron chi connectivity index (χ3n) is 3.59. The molecule has 3 heteroatoms. The molecule has 3 rings (SSSR count). The van der Waals surface area contributed by atoms with Crippen LogP contribution in [0.15, 0.2) is 36.4 Å². The van der Waals surface area contributed by atoms with Gasteiger partial charge in [0.25, 0.3) is 0 Å². The lowest BCUT2D eigenvalue weighted by Crippen LogP contribution is -2.14. The van der Waals surface area contributed by atoms with Crippen molar-refractivity contribution in [1.82, 2.24) is 0 Å². The first-order valence-corrected chi connectivity index (χ1v) is 6.31. The van der Waals surface area contributed by atoms with Crippen molar-refractivity contribution in [2.24, 2.45) is 0 Å². The summed E-state index contributed by atoms with van der Waals surface area (Å²) in [4.78, 5) is 12.9. The summed E-state index contributed by atoms with van der Waals surface area (Å²) in [7, 11) is 0. The van der Waals surface area contributed by atoms with E-state index in [1.165, 1.54) is 11.6 Å². The molecule has 0 fully saturated rings. The van der Waals surface area contributed by atoms with Crippen LogP contribution in [0.25, 0.3) is 0 Å². The molecule has 0 N–H and O–H groups in total. The fourth-order valence-corrected chi connectivity index (χ4v) is 2.66. The van der Waals surface area contributed by atoms with E-state index in [2.05, 4.69) is 4.90 Å². The van der Waals surface area contributed by atoms with E-state index in [0.717, 1.165) is 36.2 Å². The Morgan fingerprint density at radius 1 is 1.16 bits per heavy atom. The van der Waals surface area contributed by atoms with Crippen molar-refractivity contribution in [3.05, 3.63) is 58.9 Å². The topological polar surface area (TPSA) is 20.3 Å². The van der Waals surface area contributed by atoms with Gasteiger partial charge in [0.2, 0.25) is 0 Å². The molecule has 96 valence electrons. The summed E-state index contributed by atoms with van der Waals surface area (Å²) in [5.74, 6) is -0.215. The molecule has 0 saturated carbocycles. The highest BCUT2D eigenvalue weighted by Crippen LogP contribution is 2.36. The number of aldehydes is 1. The molecule has 0 aliphatic carbocycles. The molecule has 0 radical (unpaired) electrons. The van der Waals surface area contributed by atoms with Crippen LogP contribution in [0, 0.1) is 12.7 Å². The molecule has 1 heterocycles. The largest absolute Gasteiger partial charge is 0.341 e. The zero-order valence-electron chi connectivity index (χ0n) is 10.7. The van der Waals surface area contributed by atoms with Gasteiger partial charge in [0.1, 0.15) is 12.1 Å². The minimum Gasteiger partial charge on any atom is -0.341 e. The number of hydrogen-bond donors (Lipinski definition) is 0. The molecular formula is C16H14FNO. The molecule has 2 aromatic carbocycles. The Bertz CT molecular complexity index is 651. The number of carbonyl (C=O) groups is 1. The molecule has 1 aliphatic rings. The second-order valence-corrected chi connectivity index (χ2v) is 4.84. The standard InChI is InChI=1S/C16H14FNO/c1-11-8-12(10-19)2-5-15(11)18-7-6-13-3-4-14(17)9-16(13)18/h2-5,8-10H,6-7H2,1H3. The average Bonchev–Trinajstić information content (AvgIpc) is 2.81. The summed E-state index contributed by atoms with van der Waals surface area (Å²) in [6.07, 6.45) is 1.76. The van der Waals surface area contributed by atoms with E-state index in [1.54, 1.807) is 12.1 Å². The first-order valence-electron chi connectivity index (χ1n) is 6.31. The molecule has 0 saturated heterocycles. The van der Waals surface area contributed by atoms with Crippen molar-refractivity contribution >= 4 is 17.7 Å². The van der Waals surface area contributed by atoms with Crippen LogP contribution in [0.3, 0.4) is 0 Å². The molecule has 0 spiro atoms. The lowest BCUT2D eigenvalue weighted by atomic mass is 10.1. The third-order valence-corrected chi connectivity index (χ3v) is 3.59. The smallest absolute Gasteiger partial charge is 0.150 e. The van der Waals surface area contributed by atoms with Crippen molar-refractivity contribution < 1.29 is 9.18 Å². The van der Waals surface area contributed by atoms with E-state index in [-0.39, 0.29) is 5.82 Å². The Hall–Kier alpha value is -2.16. The molecule has 0 bridgehead atoms. The zero-order chi connectivity index (χ0) is 13.4. The van der Waals surface area contributed by atoms with Gasteiger partial charge in [0.15, 0.2) is 0 Å². The summed E-state index contributed by atoms with van der Waals surface area (Å²) in [6.45, 7) is 2.82. The van der Waals surface area contributed by atoms with Gasteiger partial charge in [0.05, 0.1) is 0 Å². The van der Waals surface area contributed by atoms with Crippen LogP contribution in [0.4, 0.5) is 15.8 Å². The molecule has 2 nitrogen and oxygen atoms in total. The van der Waals surface area contributed by atoms with Crippen molar-refractivity contribution in [3.63, 3.8) is 0 Å². The van der Waals surface area contributed by atoms with Gasteiger partial charge in [-0.05, 0) is 54.8 Å². The number of carbonyl (C=O) groups excluding carboxylic acids is 1. The Balaban J connectivity index is 2.06. The average molecular weight is 255 g/mol. The van der Waals surface area contributed by atoms with Crippen LogP contribution in [0.2, 0.25) is 0 Å². The number of rotatable bonds is 2. The molecule has 0 unspecified atom stereocenters. The summed E-state index contributed by atoms with van der Waals surface area (Å²) in [5, 5.41) is 0. The van der Waals surface area contributed by atoms with Crippen LogP contribution in [0.5, 0.6) is 0 Å². The van der Waals surface area contributed by atoms with E-state index in [4.69, 9.17) is 0 Å². The van der Waals surface area contributed by atoms with E-state index >= 15 is 0 Å². The van der Waals surface area contributed by atoms with Gasteiger partial charge in [-0.1, -0.05) is 6.07 Å². The number of aryl methyl sites for hydroxylation is 1. The van der Waals surface area contributed by atoms with E-state index in [0.29, 0.717) is 5.56 Å². The van der Waals surface area contributed by atoms with Crippen molar-refractivity contribution in [3.8, 4) is 0 Å². The monoisotopic (exact) mass is 255 g/mol. The molecule has 0 amide bonds. The molecular weight excluding hydrogens is 241 g/mol. The Labute approximate surface area is 111 Å². The van der Waals surface area contributed by atoms with Crippen molar-refractivity contribution in [2.75, 3.05) is 11.4 Å². The Morgan fingerprint density at radius 3 is 2.74 bits per heavy atom. The van der Waals surface area contributed by atoms with E-state index in [1.807, 2.05) is 25.1 Å². The first-order chi connectivity index (χ1) is 9.19. The molecule has 2 aromatic rings. The van der Waals surface area contributed by atoms with Gasteiger partial charge >= 0.3 is 0 Å². The maximum atomic E-state index is 13.4. The summed E-state index contributed by atoms with van der Waals surface area (Å²) in [5.41, 5.74) is 4.83. The van der Waals surface area contributed by atoms with Crippen LogP contribution in [-0.2, 0) is 6.42 Å². The predicted octanol–water partition coefficient (Wildman–Crippen LogP) is 3.64. The first kappa shape index (κ1) is 11.9. The van der Waals surface area contributed by atoms with Gasteiger partial charge in [-0.25, -0.2) is 4.39 Å². The van der Waals surface area contributed by atoms with Crippen LogP contribution >= 0.6 is 0 Å². The highest BCUT2D eigenvalue weighted by molar-refractivity contribution is 5.79. The normalized spacial score (nSPS) is 13.5. The fourth-order valence-electron chi connectivity index (χ4n) is 2.66. The maximum Gasteiger partial charge on any atom is 0.150 e. The lowest BCUT2D eigenvalue weighted by molar-refractivity contribution is 0.112. The molecule has 0 atom stereocenters. The zero-order valence-corrected chi connectivity index (χ0v) is 10.7. The number of hydrogen-bond acceptors (Lipinski definition) is 2. The Morgan fingerprint density at radius 2 is 2.00 bits per heavy atom. The highest BCUT2D eigenvalue weighted by Gasteiger charge is 2.22. The van der Waals surface area contributed by atoms with Gasteiger partial charge in [-0.15, -0.1) is 0 Å². The van der Waals surface area contributed by atoms with Crippen LogP contribution in [-0.4, -0.2) is 12.8 Å². The highest BCUT2D eigenvalue weighted by atomic mass is 19.1. The minimum absolute atomic E-state index is 0.215. The summed E-state index contributed by atoms with van der Waals surface area (Å²) >= 11 is 0. The number of nitrogens with zero attached hydrogens (tertiary/aromatic N) is 1. The number of halogens is 1. The molecule has 0 aromatic heterocycles. The van der Waals surface area contributed by atoms with E-state index < -0.39 is 0 Å². The SMILES string of the molecule is Cc1cc(C=O)ccc1N1CCc2ccc(F)cc21.